The van der Waals surface area contributed by atoms with E-state index >= 15 is 0 Å². The highest BCUT2D eigenvalue weighted by Crippen LogP contribution is 2.51. The summed E-state index contributed by atoms with van der Waals surface area (Å²) in [5, 5.41) is 13.3. The molecule has 2 N–H and O–H groups in total. The molecule has 0 saturated heterocycles. The maximum atomic E-state index is 13.4. The third-order valence-electron chi connectivity index (χ3n) is 4.91. The van der Waals surface area contributed by atoms with Gasteiger partial charge in [-0.1, -0.05) is 30.3 Å². The molecule has 1 heterocycles. The molecule has 0 aliphatic carbocycles. The predicted molar refractivity (Wildman–Crippen MR) is 107 cm³/mol. The standard InChI is InChI=1S/C21H13F3INO2/c22-21(23,24)13-6-9-18(27)16(10-13)20(12-4-2-1-3-5-12)15-11-14(25)7-8-17(15)26-19(20)28/h1-11,27H,(H,26,28). The van der Waals surface area contributed by atoms with Gasteiger partial charge in [0, 0.05) is 20.4 Å². The lowest BCUT2D eigenvalue weighted by molar-refractivity contribution is -0.137. The van der Waals surface area contributed by atoms with E-state index in [0.717, 1.165) is 21.8 Å². The molecule has 28 heavy (non-hydrogen) atoms. The summed E-state index contributed by atoms with van der Waals surface area (Å²) in [5.74, 6) is -0.885. The van der Waals surface area contributed by atoms with E-state index in [1.54, 1.807) is 48.5 Å². The number of anilines is 1. The van der Waals surface area contributed by atoms with Crippen LogP contribution in [0.3, 0.4) is 0 Å². The van der Waals surface area contributed by atoms with Crippen LogP contribution in [-0.2, 0) is 16.4 Å². The fraction of sp³-hybridized carbons (Fsp3) is 0.0952. The van der Waals surface area contributed by atoms with Gasteiger partial charge < -0.3 is 10.4 Å². The van der Waals surface area contributed by atoms with Crippen molar-refractivity contribution in [1.82, 2.24) is 0 Å². The first-order valence-corrected chi connectivity index (χ1v) is 9.40. The van der Waals surface area contributed by atoms with Crippen LogP contribution < -0.4 is 5.32 Å². The van der Waals surface area contributed by atoms with Crippen molar-refractivity contribution in [2.75, 3.05) is 5.32 Å². The first-order valence-electron chi connectivity index (χ1n) is 8.32. The van der Waals surface area contributed by atoms with Gasteiger partial charge in [-0.25, -0.2) is 0 Å². The van der Waals surface area contributed by atoms with Crippen LogP contribution in [0.15, 0.2) is 66.7 Å². The zero-order valence-corrected chi connectivity index (χ0v) is 16.4. The molecule has 0 fully saturated rings. The van der Waals surface area contributed by atoms with E-state index in [1.165, 1.54) is 0 Å². The first kappa shape index (κ1) is 18.8. The van der Waals surface area contributed by atoms with Crippen LogP contribution in [0, 0.1) is 3.57 Å². The number of phenolic OH excluding ortho intramolecular Hbond substituents is 1. The molecule has 1 unspecified atom stereocenters. The van der Waals surface area contributed by atoms with Gasteiger partial charge in [0.2, 0.25) is 5.91 Å². The summed E-state index contributed by atoms with van der Waals surface area (Å²) in [6.07, 6.45) is -4.61. The van der Waals surface area contributed by atoms with E-state index < -0.39 is 23.1 Å². The van der Waals surface area contributed by atoms with Gasteiger partial charge in [-0.3, -0.25) is 4.79 Å². The number of amides is 1. The lowest BCUT2D eigenvalue weighted by Gasteiger charge is -2.30. The predicted octanol–water partition coefficient (Wildman–Crippen LogP) is 5.30. The minimum Gasteiger partial charge on any atom is -0.508 e. The Balaban J connectivity index is 2.12. The molecule has 1 aliphatic rings. The van der Waals surface area contributed by atoms with Gasteiger partial charge in [0.05, 0.1) is 5.56 Å². The van der Waals surface area contributed by atoms with Gasteiger partial charge in [-0.05, 0) is 64.6 Å². The maximum Gasteiger partial charge on any atom is 0.416 e. The fourth-order valence-corrected chi connectivity index (χ4v) is 4.18. The molecule has 1 atom stereocenters. The number of phenols is 1. The number of halogens is 4. The largest absolute Gasteiger partial charge is 0.508 e. The Morgan fingerprint density at radius 3 is 2.32 bits per heavy atom. The van der Waals surface area contributed by atoms with Crippen molar-refractivity contribution in [2.24, 2.45) is 0 Å². The minimum atomic E-state index is -4.61. The van der Waals surface area contributed by atoms with Crippen molar-refractivity contribution >= 4 is 34.2 Å². The van der Waals surface area contributed by atoms with Crippen LogP contribution in [-0.4, -0.2) is 11.0 Å². The zero-order chi connectivity index (χ0) is 20.1. The van der Waals surface area contributed by atoms with Crippen LogP contribution in [0.5, 0.6) is 5.75 Å². The topological polar surface area (TPSA) is 49.3 Å². The van der Waals surface area contributed by atoms with Crippen LogP contribution in [0.4, 0.5) is 18.9 Å². The average Bonchev–Trinajstić information content (AvgIpc) is 2.94. The molecule has 0 saturated carbocycles. The number of benzene rings is 3. The fourth-order valence-electron chi connectivity index (χ4n) is 3.68. The number of aromatic hydroxyl groups is 1. The second kappa shape index (κ2) is 6.51. The van der Waals surface area contributed by atoms with Crippen molar-refractivity contribution in [3.63, 3.8) is 0 Å². The van der Waals surface area contributed by atoms with E-state index in [9.17, 15) is 23.1 Å². The number of rotatable bonds is 2. The Hall–Kier alpha value is -2.55. The van der Waals surface area contributed by atoms with Crippen molar-refractivity contribution in [1.29, 1.82) is 0 Å². The second-order valence-corrected chi connectivity index (χ2v) is 7.74. The number of hydrogen-bond donors (Lipinski definition) is 2. The normalized spacial score (nSPS) is 18.6. The monoisotopic (exact) mass is 495 g/mol. The van der Waals surface area contributed by atoms with E-state index in [4.69, 9.17) is 0 Å². The number of fused-ring (bicyclic) bond motifs is 1. The summed E-state index contributed by atoms with van der Waals surface area (Å²) in [7, 11) is 0. The molecule has 3 aromatic rings. The summed E-state index contributed by atoms with van der Waals surface area (Å²) >= 11 is 2.08. The van der Waals surface area contributed by atoms with Crippen molar-refractivity contribution < 1.29 is 23.1 Å². The number of nitrogens with one attached hydrogen (secondary N) is 1. The Morgan fingerprint density at radius 1 is 0.929 bits per heavy atom. The molecule has 1 aliphatic heterocycles. The lowest BCUT2D eigenvalue weighted by atomic mass is 9.69. The first-order chi connectivity index (χ1) is 13.2. The average molecular weight is 495 g/mol. The molecule has 4 rings (SSSR count). The number of carbonyl (C=O) groups is 1. The summed E-state index contributed by atoms with van der Waals surface area (Å²) in [6.45, 7) is 0. The molecule has 3 nitrogen and oxygen atoms in total. The van der Waals surface area contributed by atoms with Crippen LogP contribution in [0.25, 0.3) is 0 Å². The van der Waals surface area contributed by atoms with Crippen LogP contribution in [0.1, 0.15) is 22.3 Å². The molecular weight excluding hydrogens is 482 g/mol. The number of hydrogen-bond acceptors (Lipinski definition) is 2. The van der Waals surface area contributed by atoms with Gasteiger partial charge in [0.25, 0.3) is 0 Å². The van der Waals surface area contributed by atoms with Gasteiger partial charge in [-0.15, -0.1) is 0 Å². The zero-order valence-electron chi connectivity index (χ0n) is 14.2. The highest BCUT2D eigenvalue weighted by molar-refractivity contribution is 14.1. The summed E-state index contributed by atoms with van der Waals surface area (Å²) in [6, 6.07) is 16.4. The van der Waals surface area contributed by atoms with E-state index in [2.05, 4.69) is 27.9 Å². The molecule has 1 amide bonds. The van der Waals surface area contributed by atoms with Gasteiger partial charge >= 0.3 is 6.18 Å². The molecule has 142 valence electrons. The Labute approximate surface area is 172 Å². The third-order valence-corrected chi connectivity index (χ3v) is 5.58. The Morgan fingerprint density at radius 2 is 1.64 bits per heavy atom. The molecule has 0 spiro atoms. The van der Waals surface area contributed by atoms with Crippen molar-refractivity contribution in [3.8, 4) is 5.75 Å². The summed E-state index contributed by atoms with van der Waals surface area (Å²) in [4.78, 5) is 13.3. The molecule has 0 radical (unpaired) electrons. The van der Waals surface area contributed by atoms with Gasteiger partial charge in [-0.2, -0.15) is 13.2 Å². The Bertz CT molecular complexity index is 1080. The SMILES string of the molecule is O=C1Nc2ccc(I)cc2C1(c1ccccc1)c1cc(C(F)(F)F)ccc1O. The van der Waals surface area contributed by atoms with Gasteiger partial charge in [0.1, 0.15) is 11.2 Å². The number of alkyl halides is 3. The molecule has 7 heteroatoms. The Kier molecular flexibility index (Phi) is 4.37. The highest BCUT2D eigenvalue weighted by atomic mass is 127. The molecule has 3 aromatic carbocycles. The van der Waals surface area contributed by atoms with Crippen molar-refractivity contribution in [2.45, 2.75) is 11.6 Å². The van der Waals surface area contributed by atoms with Gasteiger partial charge in [0.15, 0.2) is 0 Å². The van der Waals surface area contributed by atoms with E-state index in [-0.39, 0.29) is 11.3 Å². The van der Waals surface area contributed by atoms with Crippen LogP contribution in [0.2, 0.25) is 0 Å². The highest BCUT2D eigenvalue weighted by Gasteiger charge is 2.51. The summed E-state index contributed by atoms with van der Waals surface area (Å²) in [5.41, 5.74) is -1.14. The number of carbonyl (C=O) groups excluding carboxylic acids is 1. The van der Waals surface area contributed by atoms with Crippen LogP contribution >= 0.6 is 22.6 Å². The second-order valence-electron chi connectivity index (χ2n) is 6.49. The van der Waals surface area contributed by atoms with Crippen molar-refractivity contribution in [3.05, 3.63) is 92.6 Å². The quantitative estimate of drug-likeness (QED) is 0.475. The maximum absolute atomic E-state index is 13.4. The molecule has 0 bridgehead atoms. The summed E-state index contributed by atoms with van der Waals surface area (Å²) < 4.78 is 41.0. The third kappa shape index (κ3) is 2.76. The van der Waals surface area contributed by atoms with E-state index in [0.29, 0.717) is 16.8 Å². The molecule has 0 aromatic heterocycles. The smallest absolute Gasteiger partial charge is 0.416 e. The lowest BCUT2D eigenvalue weighted by Crippen LogP contribution is -2.37. The minimum absolute atomic E-state index is 0.105. The molecular formula is C21H13F3INO2. The van der Waals surface area contributed by atoms with E-state index in [1.807, 2.05) is 0 Å².